The highest BCUT2D eigenvalue weighted by Gasteiger charge is 2.16. The van der Waals surface area contributed by atoms with Crippen molar-refractivity contribution in [3.05, 3.63) is 69.2 Å². The number of rotatable bonds is 0. The number of anilines is 4. The molecule has 6 heteroatoms. The molecule has 2 heterocycles. The standard InChI is InChI=1S/C16H10N4O2/c21-15-9-5-1-2-6-10(9)16(22)20-14-13(19-15)17-11-7-3-4-8-12(11)18-14/h1-8H,(H,17,19,21)(H,18,20,22). The molecule has 0 atom stereocenters. The Bertz CT molecular complexity index is 951. The molecule has 0 amide bonds. The Balaban J connectivity index is 2.06. The second-order valence-corrected chi connectivity index (χ2v) is 4.87. The Labute approximate surface area is 124 Å². The third-order valence-corrected chi connectivity index (χ3v) is 3.47. The maximum absolute atomic E-state index is 12.3. The summed E-state index contributed by atoms with van der Waals surface area (Å²) in [5.41, 5.74) is 0.601. The summed E-state index contributed by atoms with van der Waals surface area (Å²) in [6.07, 6.45) is 0. The average Bonchev–Trinajstić information content (AvgIpc) is 2.54. The smallest absolute Gasteiger partial charge is 0.279 e. The minimum atomic E-state index is -0.472. The molecular weight excluding hydrogens is 280 g/mol. The van der Waals surface area contributed by atoms with Gasteiger partial charge in [-0.3, -0.25) is 9.59 Å². The summed E-state index contributed by atoms with van der Waals surface area (Å²) in [4.78, 5) is 32.7. The summed E-state index contributed by atoms with van der Waals surface area (Å²) in [5, 5.41) is 6.57. The van der Waals surface area contributed by atoms with Crippen molar-refractivity contribution in [2.24, 2.45) is 0 Å². The van der Waals surface area contributed by atoms with Crippen LogP contribution in [0.1, 0.15) is 0 Å². The number of hydrogen-bond acceptors (Lipinski definition) is 6. The van der Waals surface area contributed by atoms with Crippen LogP contribution in [0.4, 0.5) is 23.0 Å². The summed E-state index contributed by atoms with van der Waals surface area (Å²) in [6.45, 7) is 0. The molecule has 3 aromatic rings. The lowest BCUT2D eigenvalue weighted by Gasteiger charge is -2.19. The van der Waals surface area contributed by atoms with Crippen molar-refractivity contribution in [3.8, 4) is 0 Å². The van der Waals surface area contributed by atoms with E-state index < -0.39 is 11.1 Å². The maximum atomic E-state index is 12.3. The number of para-hydroxylation sites is 2. The fraction of sp³-hybridized carbons (Fsp3) is 0. The van der Waals surface area contributed by atoms with Crippen LogP contribution >= 0.6 is 0 Å². The number of aromatic nitrogens is 2. The highest BCUT2D eigenvalue weighted by molar-refractivity contribution is 5.87. The van der Waals surface area contributed by atoms with Gasteiger partial charge in [0.2, 0.25) is 0 Å². The van der Waals surface area contributed by atoms with Crippen LogP contribution in [-0.4, -0.2) is 9.97 Å². The van der Waals surface area contributed by atoms with Crippen molar-refractivity contribution >= 4 is 33.8 Å². The van der Waals surface area contributed by atoms with E-state index in [-0.39, 0.29) is 22.4 Å². The Hall–Kier alpha value is -3.28. The molecule has 1 aliphatic rings. The van der Waals surface area contributed by atoms with Gasteiger partial charge in [0.05, 0.1) is 22.1 Å². The first-order valence-electron chi connectivity index (χ1n) is 6.71. The largest absolute Gasteiger partial charge is 0.335 e. The summed E-state index contributed by atoms with van der Waals surface area (Å²) in [5.74, 6) is 0.484. The van der Waals surface area contributed by atoms with Gasteiger partial charge in [-0.2, -0.15) is 9.97 Å². The predicted octanol–water partition coefficient (Wildman–Crippen LogP) is 2.15. The van der Waals surface area contributed by atoms with E-state index in [4.69, 9.17) is 0 Å². The first kappa shape index (κ1) is 12.5. The molecule has 106 valence electrons. The van der Waals surface area contributed by atoms with Gasteiger partial charge in [0, 0.05) is 0 Å². The highest BCUT2D eigenvalue weighted by Crippen LogP contribution is 2.34. The molecule has 0 unspecified atom stereocenters. The van der Waals surface area contributed by atoms with Crippen molar-refractivity contribution in [3.63, 3.8) is 0 Å². The van der Waals surface area contributed by atoms with E-state index in [9.17, 15) is 9.59 Å². The van der Waals surface area contributed by atoms with E-state index in [2.05, 4.69) is 20.6 Å². The molecule has 2 aromatic carbocycles. The van der Waals surface area contributed by atoms with Gasteiger partial charge >= 0.3 is 0 Å². The zero-order valence-electron chi connectivity index (χ0n) is 11.3. The lowest BCUT2D eigenvalue weighted by Crippen LogP contribution is -2.18. The summed E-state index contributed by atoms with van der Waals surface area (Å²) in [7, 11) is 0. The molecule has 0 bridgehead atoms. The van der Waals surface area contributed by atoms with Gasteiger partial charge in [-0.05, 0) is 24.3 Å². The quantitative estimate of drug-likeness (QED) is 0.516. The molecule has 0 saturated heterocycles. The van der Waals surface area contributed by atoms with Crippen LogP contribution in [0.15, 0.2) is 58.1 Å². The van der Waals surface area contributed by atoms with Gasteiger partial charge in [0.25, 0.3) is 11.1 Å². The number of benzene rings is 2. The third-order valence-electron chi connectivity index (χ3n) is 3.47. The van der Waals surface area contributed by atoms with Gasteiger partial charge in [-0.25, -0.2) is 0 Å². The molecule has 4 rings (SSSR count). The van der Waals surface area contributed by atoms with E-state index in [0.29, 0.717) is 0 Å². The highest BCUT2D eigenvalue weighted by atomic mass is 16.1. The second-order valence-electron chi connectivity index (χ2n) is 4.87. The summed E-state index contributed by atoms with van der Waals surface area (Å²) >= 11 is 0. The topological polar surface area (TPSA) is 84.0 Å². The normalized spacial score (nSPS) is 11.8. The van der Waals surface area contributed by atoms with Crippen LogP contribution in [0.5, 0.6) is 0 Å². The zero-order valence-corrected chi connectivity index (χ0v) is 11.3. The molecular formula is C16H10N4O2. The van der Waals surface area contributed by atoms with Crippen molar-refractivity contribution in [1.82, 2.24) is 9.97 Å². The number of nitrogens with one attached hydrogen (secondary N) is 2. The molecule has 0 radical (unpaired) electrons. The van der Waals surface area contributed by atoms with Gasteiger partial charge in [-0.15, -0.1) is 0 Å². The Morgan fingerprint density at radius 1 is 0.636 bits per heavy atom. The average molecular weight is 290 g/mol. The van der Waals surface area contributed by atoms with E-state index in [1.54, 1.807) is 24.3 Å². The van der Waals surface area contributed by atoms with E-state index >= 15 is 0 Å². The first-order valence-corrected chi connectivity index (χ1v) is 6.71. The molecule has 22 heavy (non-hydrogen) atoms. The SMILES string of the molecule is O=c1nc2c(nc(=O)c3ccccc13)Nc1ccccc1N2. The molecule has 6 nitrogen and oxygen atoms in total. The van der Waals surface area contributed by atoms with Gasteiger partial charge < -0.3 is 10.6 Å². The Morgan fingerprint density at radius 3 is 1.50 bits per heavy atom. The van der Waals surface area contributed by atoms with Crippen LogP contribution in [0, 0.1) is 0 Å². The fourth-order valence-electron chi connectivity index (χ4n) is 2.42. The Morgan fingerprint density at radius 2 is 1.05 bits per heavy atom. The molecule has 0 aliphatic carbocycles. The molecule has 1 aromatic heterocycles. The van der Waals surface area contributed by atoms with Crippen LogP contribution in [0.2, 0.25) is 0 Å². The van der Waals surface area contributed by atoms with Crippen molar-refractivity contribution < 1.29 is 0 Å². The lowest BCUT2D eigenvalue weighted by molar-refractivity contribution is 1.18. The van der Waals surface area contributed by atoms with E-state index in [0.717, 1.165) is 11.4 Å². The minimum absolute atomic E-state index is 0.242. The zero-order chi connectivity index (χ0) is 15.1. The van der Waals surface area contributed by atoms with Crippen molar-refractivity contribution in [2.75, 3.05) is 10.6 Å². The predicted molar refractivity (Wildman–Crippen MR) is 85.1 cm³/mol. The molecule has 2 N–H and O–H groups in total. The van der Waals surface area contributed by atoms with Gasteiger partial charge in [-0.1, -0.05) is 24.3 Å². The lowest BCUT2D eigenvalue weighted by atomic mass is 10.2. The van der Waals surface area contributed by atoms with Crippen LogP contribution in [0.25, 0.3) is 10.8 Å². The van der Waals surface area contributed by atoms with E-state index in [1.165, 1.54) is 0 Å². The van der Waals surface area contributed by atoms with Crippen LogP contribution in [-0.2, 0) is 0 Å². The molecule has 0 saturated carbocycles. The van der Waals surface area contributed by atoms with Crippen LogP contribution < -0.4 is 21.8 Å². The second kappa shape index (κ2) is 4.63. The summed E-state index contributed by atoms with van der Waals surface area (Å²) < 4.78 is 0. The number of fused-ring (bicyclic) bond motifs is 3. The fourth-order valence-corrected chi connectivity index (χ4v) is 2.42. The van der Waals surface area contributed by atoms with Gasteiger partial charge in [0.15, 0.2) is 11.6 Å². The monoisotopic (exact) mass is 290 g/mol. The van der Waals surface area contributed by atoms with E-state index in [1.807, 2.05) is 24.3 Å². The van der Waals surface area contributed by atoms with Crippen LogP contribution in [0.3, 0.4) is 0 Å². The molecule has 0 spiro atoms. The van der Waals surface area contributed by atoms with Crippen molar-refractivity contribution in [2.45, 2.75) is 0 Å². The van der Waals surface area contributed by atoms with Gasteiger partial charge in [0.1, 0.15) is 0 Å². The molecule has 0 fully saturated rings. The number of hydrogen-bond donors (Lipinski definition) is 2. The third kappa shape index (κ3) is 1.89. The maximum Gasteiger partial charge on any atom is 0.279 e. The molecule has 1 aliphatic heterocycles. The minimum Gasteiger partial charge on any atom is -0.335 e. The Kier molecular flexibility index (Phi) is 2.62. The number of nitrogens with zero attached hydrogens (tertiary/aromatic N) is 2. The summed E-state index contributed by atoms with van der Waals surface area (Å²) in [6, 6.07) is 14.0. The van der Waals surface area contributed by atoms with Crippen molar-refractivity contribution in [1.29, 1.82) is 0 Å². The first-order chi connectivity index (χ1) is 10.7.